The molecule has 216 valence electrons. The van der Waals surface area contributed by atoms with Gasteiger partial charge in [0.15, 0.2) is 5.65 Å². The molecule has 1 amide bonds. The number of aryl methyl sites for hydroxylation is 3. The summed E-state index contributed by atoms with van der Waals surface area (Å²) in [7, 11) is 3.73. The van der Waals surface area contributed by atoms with Gasteiger partial charge in [0.2, 0.25) is 5.91 Å². The summed E-state index contributed by atoms with van der Waals surface area (Å²) in [5, 5.41) is 23.7. The first-order valence-electron chi connectivity index (χ1n) is 14.9. The largest absolute Gasteiger partial charge is 0.379 e. The van der Waals surface area contributed by atoms with E-state index >= 15 is 0 Å². The molecule has 4 heterocycles. The Balaban J connectivity index is 1.16. The van der Waals surface area contributed by atoms with Crippen LogP contribution in [-0.2, 0) is 31.4 Å². The van der Waals surface area contributed by atoms with Crippen molar-refractivity contribution < 1.29 is 9.90 Å². The van der Waals surface area contributed by atoms with Crippen molar-refractivity contribution in [1.82, 2.24) is 34.8 Å². The smallest absolute Gasteiger partial charge is 0.234 e. The van der Waals surface area contributed by atoms with Crippen LogP contribution >= 0.6 is 0 Å². The molecule has 40 heavy (non-hydrogen) atoms. The van der Waals surface area contributed by atoms with Crippen LogP contribution in [0.5, 0.6) is 0 Å². The predicted octanol–water partition coefficient (Wildman–Crippen LogP) is 3.07. The lowest BCUT2D eigenvalue weighted by molar-refractivity contribution is -0.126. The average molecular weight is 549 g/mol. The number of carbonyl (C=O) groups is 1. The molecule has 2 N–H and O–H groups in total. The Kier molecular flexibility index (Phi) is 7.11. The van der Waals surface area contributed by atoms with Gasteiger partial charge in [-0.25, -0.2) is 4.98 Å². The van der Waals surface area contributed by atoms with Crippen LogP contribution in [0.15, 0.2) is 12.3 Å². The molecule has 2 bridgehead atoms. The van der Waals surface area contributed by atoms with E-state index < -0.39 is 6.23 Å². The van der Waals surface area contributed by atoms with Gasteiger partial charge < -0.3 is 15.3 Å². The van der Waals surface area contributed by atoms with Crippen LogP contribution in [0.2, 0.25) is 0 Å². The minimum Gasteiger partial charge on any atom is -0.379 e. The number of aromatic nitrogens is 5. The van der Waals surface area contributed by atoms with Crippen molar-refractivity contribution in [3.8, 4) is 0 Å². The van der Waals surface area contributed by atoms with Gasteiger partial charge in [-0.1, -0.05) is 6.42 Å². The highest BCUT2D eigenvalue weighted by atomic mass is 16.3. The Bertz CT molecular complexity index is 1410. The number of hydrogen-bond donors (Lipinski definition) is 2. The van der Waals surface area contributed by atoms with Gasteiger partial charge in [0.25, 0.3) is 0 Å². The number of pyridine rings is 1. The third kappa shape index (κ3) is 5.00. The number of nitrogens with one attached hydrogen (secondary N) is 1. The van der Waals surface area contributed by atoms with Crippen LogP contribution in [0.4, 0.5) is 5.69 Å². The molecule has 0 saturated heterocycles. The molecule has 0 aromatic carbocycles. The zero-order valence-corrected chi connectivity index (χ0v) is 24.7. The van der Waals surface area contributed by atoms with E-state index in [-0.39, 0.29) is 23.9 Å². The lowest BCUT2D eigenvalue weighted by Gasteiger charge is -2.49. The van der Waals surface area contributed by atoms with Crippen molar-refractivity contribution in [2.24, 2.45) is 18.4 Å². The molecule has 6 rings (SSSR count). The average Bonchev–Trinajstić information content (AvgIpc) is 3.44. The highest BCUT2D eigenvalue weighted by molar-refractivity contribution is 5.89. The van der Waals surface area contributed by atoms with Gasteiger partial charge in [-0.05, 0) is 77.3 Å². The number of fused-ring (bicyclic) bond motifs is 4. The molecule has 0 radical (unpaired) electrons. The van der Waals surface area contributed by atoms with Gasteiger partial charge in [0.05, 0.1) is 29.5 Å². The fourth-order valence-electron chi connectivity index (χ4n) is 7.59. The monoisotopic (exact) mass is 548 g/mol. The number of amides is 1. The van der Waals surface area contributed by atoms with E-state index in [1.807, 2.05) is 17.9 Å². The van der Waals surface area contributed by atoms with Crippen molar-refractivity contribution in [3.63, 3.8) is 0 Å². The van der Waals surface area contributed by atoms with E-state index in [2.05, 4.69) is 39.9 Å². The zero-order chi connectivity index (χ0) is 28.2. The van der Waals surface area contributed by atoms with Crippen LogP contribution in [0, 0.1) is 25.2 Å². The number of nitrogens with zero attached hydrogens (tertiary/aromatic N) is 7. The molecule has 3 aromatic rings. The summed E-state index contributed by atoms with van der Waals surface area (Å²) in [4.78, 5) is 21.5. The van der Waals surface area contributed by atoms with Gasteiger partial charge in [-0.15, -0.1) is 0 Å². The SMILES string of the molecule is Cc1cc(N2CCc3c(c(C)nn3CC34CCCC(C3)C(NC(=O)CN(C)C(C)O)CC4)C2)c2cnn(C)c2n1. The summed E-state index contributed by atoms with van der Waals surface area (Å²) in [5.74, 6) is 0.531. The molecule has 4 atom stereocenters. The van der Waals surface area contributed by atoms with E-state index in [1.165, 1.54) is 36.2 Å². The van der Waals surface area contributed by atoms with Crippen molar-refractivity contribution in [2.45, 2.75) is 91.1 Å². The summed E-state index contributed by atoms with van der Waals surface area (Å²) < 4.78 is 4.20. The molecular weight excluding hydrogens is 504 g/mol. The van der Waals surface area contributed by atoms with Gasteiger partial charge in [-0.2, -0.15) is 10.2 Å². The number of likely N-dealkylation sites (N-methyl/N-ethyl adjacent to an activating group) is 1. The van der Waals surface area contributed by atoms with E-state index in [0.29, 0.717) is 5.92 Å². The van der Waals surface area contributed by atoms with Gasteiger partial charge >= 0.3 is 0 Å². The van der Waals surface area contributed by atoms with Crippen LogP contribution in [0.25, 0.3) is 11.0 Å². The maximum absolute atomic E-state index is 12.7. The van der Waals surface area contributed by atoms with E-state index in [1.54, 1.807) is 18.9 Å². The summed E-state index contributed by atoms with van der Waals surface area (Å²) in [6.07, 6.45) is 9.22. The number of anilines is 1. The van der Waals surface area contributed by atoms with Gasteiger partial charge in [0.1, 0.15) is 6.23 Å². The van der Waals surface area contributed by atoms with Crippen molar-refractivity contribution in [2.75, 3.05) is 25.0 Å². The third-order valence-electron chi connectivity index (χ3n) is 9.88. The first kappa shape index (κ1) is 27.2. The molecule has 2 fully saturated rings. The molecule has 10 nitrogen and oxygen atoms in total. The number of carbonyl (C=O) groups excluding carboxylic acids is 1. The predicted molar refractivity (Wildman–Crippen MR) is 155 cm³/mol. The lowest BCUT2D eigenvalue weighted by Crippen LogP contribution is -2.51. The Hall–Kier alpha value is -2.98. The van der Waals surface area contributed by atoms with Crippen molar-refractivity contribution >= 4 is 22.6 Å². The second-order valence-electron chi connectivity index (χ2n) is 12.7. The zero-order valence-electron chi connectivity index (χ0n) is 24.7. The molecule has 10 heteroatoms. The first-order valence-corrected chi connectivity index (χ1v) is 14.9. The molecule has 2 saturated carbocycles. The number of rotatable bonds is 7. The number of aliphatic hydroxyl groups excluding tert-OH is 1. The minimum atomic E-state index is -0.625. The number of aliphatic hydroxyl groups is 1. The summed E-state index contributed by atoms with van der Waals surface area (Å²) in [6, 6.07) is 2.42. The summed E-state index contributed by atoms with van der Waals surface area (Å²) in [5.41, 5.74) is 7.31. The quantitative estimate of drug-likeness (QED) is 0.437. The summed E-state index contributed by atoms with van der Waals surface area (Å²) in [6.45, 7) is 8.93. The summed E-state index contributed by atoms with van der Waals surface area (Å²) >= 11 is 0. The Morgan fingerprint density at radius 3 is 2.92 bits per heavy atom. The van der Waals surface area contributed by atoms with Crippen molar-refractivity contribution in [1.29, 1.82) is 0 Å². The minimum absolute atomic E-state index is 0.0146. The Morgan fingerprint density at radius 2 is 2.12 bits per heavy atom. The molecule has 0 spiro atoms. The standard InChI is InChI=1S/C30H44N8O2/c1-19-13-27(23-15-31-36(5)29(23)32-19)37-12-9-26-24(16-37)20(2)34-38(26)18-30-10-6-7-22(14-30)25(8-11-30)33-28(40)17-35(4)21(3)39/h13,15,21-22,25,39H,6-12,14,16-18H2,1-5H3,(H,33,40). The topological polar surface area (TPSA) is 104 Å². The molecule has 2 aliphatic carbocycles. The third-order valence-corrected chi connectivity index (χ3v) is 9.88. The van der Waals surface area contributed by atoms with Gasteiger partial charge in [-0.3, -0.25) is 19.1 Å². The second kappa shape index (κ2) is 10.4. The van der Waals surface area contributed by atoms with Crippen LogP contribution in [-0.4, -0.2) is 72.9 Å². The highest BCUT2D eigenvalue weighted by Crippen LogP contribution is 2.50. The van der Waals surface area contributed by atoms with E-state index in [0.717, 1.165) is 67.7 Å². The van der Waals surface area contributed by atoms with E-state index in [4.69, 9.17) is 10.1 Å². The Morgan fingerprint density at radius 1 is 1.30 bits per heavy atom. The first-order chi connectivity index (χ1) is 19.1. The Labute approximate surface area is 236 Å². The highest BCUT2D eigenvalue weighted by Gasteiger charge is 2.45. The van der Waals surface area contributed by atoms with Gasteiger partial charge in [0, 0.05) is 56.1 Å². The number of hydrogen-bond acceptors (Lipinski definition) is 7. The lowest BCUT2D eigenvalue weighted by atomic mass is 9.60. The van der Waals surface area contributed by atoms with Crippen molar-refractivity contribution in [3.05, 3.63) is 34.9 Å². The molecule has 3 aromatic heterocycles. The maximum atomic E-state index is 12.7. The van der Waals surface area contributed by atoms with E-state index in [9.17, 15) is 9.90 Å². The fraction of sp³-hybridized carbons (Fsp3) is 0.667. The fourth-order valence-corrected chi connectivity index (χ4v) is 7.59. The molecule has 4 unspecified atom stereocenters. The molecule has 3 aliphatic rings. The van der Waals surface area contributed by atoms with Crippen LogP contribution < -0.4 is 10.2 Å². The second-order valence-corrected chi connectivity index (χ2v) is 12.7. The molecular formula is C30H44N8O2. The van der Waals surface area contributed by atoms with Crippen LogP contribution in [0.1, 0.15) is 68.1 Å². The molecule has 1 aliphatic heterocycles. The normalized spacial score (nSPS) is 25.3. The van der Waals surface area contributed by atoms with Crippen LogP contribution in [0.3, 0.4) is 0 Å². The maximum Gasteiger partial charge on any atom is 0.234 e.